The number of aliphatic imine (C=N–C) groups is 1. The Hall–Kier alpha value is -0.610. The van der Waals surface area contributed by atoms with Crippen molar-refractivity contribution in [3.05, 3.63) is 0 Å². The summed E-state index contributed by atoms with van der Waals surface area (Å²) in [5, 5.41) is 19.7. The Morgan fingerprint density at radius 1 is 0.917 bits per heavy atom. The lowest BCUT2D eigenvalue weighted by Crippen LogP contribution is -2.39. The van der Waals surface area contributed by atoms with E-state index in [0.717, 1.165) is 19.3 Å². The maximum atomic E-state index is 9.83. The standard InChI is InChI=1S/C20H39NO3/c1-4-5-6-7-8-9-10-11-12-13-14-20(15-22,16-23)18-21-19(2,3)17-24-18/h22-23H,4-17H2,1-3H3. The van der Waals surface area contributed by atoms with Crippen molar-refractivity contribution in [1.82, 2.24) is 0 Å². The number of aliphatic hydroxyl groups excluding tert-OH is 2. The Morgan fingerprint density at radius 3 is 1.83 bits per heavy atom. The number of nitrogens with zero attached hydrogens (tertiary/aromatic N) is 1. The molecular formula is C20H39NO3. The molecule has 0 radical (unpaired) electrons. The minimum atomic E-state index is -0.700. The molecule has 0 saturated heterocycles. The summed E-state index contributed by atoms with van der Waals surface area (Å²) in [5.74, 6) is 0.549. The van der Waals surface area contributed by atoms with E-state index in [1.54, 1.807) is 0 Å². The van der Waals surface area contributed by atoms with Gasteiger partial charge in [-0.3, -0.25) is 0 Å². The van der Waals surface area contributed by atoms with Crippen LogP contribution in [0.5, 0.6) is 0 Å². The van der Waals surface area contributed by atoms with Gasteiger partial charge in [-0.25, -0.2) is 4.99 Å². The third-order valence-corrected chi connectivity index (χ3v) is 5.03. The second kappa shape index (κ2) is 11.1. The minimum Gasteiger partial charge on any atom is -0.478 e. The van der Waals surface area contributed by atoms with Gasteiger partial charge in [0.05, 0.1) is 24.2 Å². The summed E-state index contributed by atoms with van der Waals surface area (Å²) in [6, 6.07) is 0. The number of ether oxygens (including phenoxy) is 1. The van der Waals surface area contributed by atoms with E-state index < -0.39 is 5.41 Å². The molecule has 0 bridgehead atoms. The highest BCUT2D eigenvalue weighted by molar-refractivity contribution is 5.84. The zero-order valence-corrected chi connectivity index (χ0v) is 16.1. The van der Waals surface area contributed by atoms with Gasteiger partial charge in [0.1, 0.15) is 6.61 Å². The molecule has 0 spiro atoms. The van der Waals surface area contributed by atoms with Crippen LogP contribution in [0.4, 0.5) is 0 Å². The minimum absolute atomic E-state index is 0.101. The maximum absolute atomic E-state index is 9.83. The van der Waals surface area contributed by atoms with Crippen LogP contribution >= 0.6 is 0 Å². The van der Waals surface area contributed by atoms with E-state index in [0.29, 0.717) is 12.5 Å². The molecule has 0 aromatic carbocycles. The fraction of sp³-hybridized carbons (Fsp3) is 0.950. The predicted molar refractivity (Wildman–Crippen MR) is 101 cm³/mol. The van der Waals surface area contributed by atoms with E-state index in [1.807, 2.05) is 13.8 Å². The van der Waals surface area contributed by atoms with E-state index in [2.05, 4.69) is 11.9 Å². The highest BCUT2D eigenvalue weighted by Crippen LogP contribution is 2.32. The predicted octanol–water partition coefficient (Wildman–Crippen LogP) is 4.48. The topological polar surface area (TPSA) is 62.0 Å². The molecule has 0 unspecified atom stereocenters. The van der Waals surface area contributed by atoms with Gasteiger partial charge in [0.15, 0.2) is 5.90 Å². The average molecular weight is 342 g/mol. The second-order valence-electron chi connectivity index (χ2n) is 8.05. The van der Waals surface area contributed by atoms with E-state index in [-0.39, 0.29) is 18.8 Å². The molecule has 0 saturated carbocycles. The second-order valence-corrected chi connectivity index (χ2v) is 8.05. The Balaban J connectivity index is 2.23. The molecule has 1 rings (SSSR count). The van der Waals surface area contributed by atoms with Crippen LogP contribution in [0.1, 0.15) is 91.4 Å². The van der Waals surface area contributed by atoms with Gasteiger partial charge < -0.3 is 14.9 Å². The molecule has 0 aromatic rings. The number of rotatable bonds is 14. The molecule has 24 heavy (non-hydrogen) atoms. The van der Waals surface area contributed by atoms with Gasteiger partial charge >= 0.3 is 0 Å². The van der Waals surface area contributed by atoms with Gasteiger partial charge in [-0.1, -0.05) is 71.1 Å². The summed E-state index contributed by atoms with van der Waals surface area (Å²) >= 11 is 0. The van der Waals surface area contributed by atoms with Crippen molar-refractivity contribution in [1.29, 1.82) is 0 Å². The van der Waals surface area contributed by atoms with Gasteiger partial charge in [-0.2, -0.15) is 0 Å². The van der Waals surface area contributed by atoms with Crippen molar-refractivity contribution in [3.63, 3.8) is 0 Å². The first-order valence-electron chi connectivity index (χ1n) is 9.94. The lowest BCUT2D eigenvalue weighted by atomic mass is 9.83. The summed E-state index contributed by atoms with van der Waals surface area (Å²) in [6.45, 7) is 6.61. The van der Waals surface area contributed by atoms with Crippen LogP contribution in [0.15, 0.2) is 4.99 Å². The molecule has 4 nitrogen and oxygen atoms in total. The number of aliphatic hydroxyl groups is 2. The number of unbranched alkanes of at least 4 members (excludes halogenated alkanes) is 9. The first-order valence-corrected chi connectivity index (χ1v) is 9.94. The van der Waals surface area contributed by atoms with Crippen LogP contribution in [-0.2, 0) is 4.74 Å². The maximum Gasteiger partial charge on any atom is 0.195 e. The summed E-state index contributed by atoms with van der Waals surface area (Å²) in [5.41, 5.74) is -0.948. The Kier molecular flexibility index (Phi) is 9.91. The summed E-state index contributed by atoms with van der Waals surface area (Å²) in [4.78, 5) is 4.57. The van der Waals surface area contributed by atoms with Crippen molar-refractivity contribution >= 4 is 5.90 Å². The van der Waals surface area contributed by atoms with Crippen molar-refractivity contribution in [3.8, 4) is 0 Å². The molecule has 0 fully saturated rings. The van der Waals surface area contributed by atoms with Crippen LogP contribution in [0.2, 0.25) is 0 Å². The smallest absolute Gasteiger partial charge is 0.195 e. The van der Waals surface area contributed by atoms with E-state index in [9.17, 15) is 10.2 Å². The van der Waals surface area contributed by atoms with E-state index in [1.165, 1.54) is 51.4 Å². The first-order chi connectivity index (χ1) is 11.5. The number of hydrogen-bond donors (Lipinski definition) is 2. The molecule has 0 aliphatic carbocycles. The van der Waals surface area contributed by atoms with Crippen molar-refractivity contribution in [2.45, 2.75) is 96.9 Å². The molecule has 1 aliphatic rings. The van der Waals surface area contributed by atoms with Crippen molar-refractivity contribution in [2.75, 3.05) is 19.8 Å². The van der Waals surface area contributed by atoms with Crippen molar-refractivity contribution in [2.24, 2.45) is 10.4 Å². The van der Waals surface area contributed by atoms with Crippen LogP contribution < -0.4 is 0 Å². The zero-order valence-electron chi connectivity index (χ0n) is 16.1. The molecule has 142 valence electrons. The van der Waals surface area contributed by atoms with Gasteiger partial charge in [-0.05, 0) is 20.3 Å². The fourth-order valence-corrected chi connectivity index (χ4v) is 3.26. The normalized spacial score (nSPS) is 17.0. The monoisotopic (exact) mass is 341 g/mol. The van der Waals surface area contributed by atoms with Crippen LogP contribution in [0, 0.1) is 5.41 Å². The highest BCUT2D eigenvalue weighted by atomic mass is 16.5. The zero-order chi connectivity index (χ0) is 17.9. The van der Waals surface area contributed by atoms with Gasteiger partial charge in [0, 0.05) is 0 Å². The Morgan fingerprint density at radius 2 is 1.42 bits per heavy atom. The molecule has 4 heteroatoms. The van der Waals surface area contributed by atoms with Crippen LogP contribution in [0.3, 0.4) is 0 Å². The number of hydrogen-bond acceptors (Lipinski definition) is 4. The van der Waals surface area contributed by atoms with Gasteiger partial charge in [-0.15, -0.1) is 0 Å². The molecule has 1 aliphatic heterocycles. The first kappa shape index (κ1) is 21.4. The molecule has 0 aromatic heterocycles. The average Bonchev–Trinajstić information content (AvgIpc) is 2.94. The molecule has 0 amide bonds. The fourth-order valence-electron chi connectivity index (χ4n) is 3.26. The SMILES string of the molecule is CCCCCCCCCCCCC(CO)(CO)C1=NC(C)(C)CO1. The van der Waals surface area contributed by atoms with Crippen molar-refractivity contribution < 1.29 is 14.9 Å². The summed E-state index contributed by atoms with van der Waals surface area (Å²) in [7, 11) is 0. The lowest BCUT2D eigenvalue weighted by molar-refractivity contribution is 0.0789. The third kappa shape index (κ3) is 7.10. The molecule has 0 atom stereocenters. The quantitative estimate of drug-likeness (QED) is 0.458. The largest absolute Gasteiger partial charge is 0.478 e. The Labute approximate surface area is 148 Å². The molecule has 1 heterocycles. The third-order valence-electron chi connectivity index (χ3n) is 5.03. The van der Waals surface area contributed by atoms with E-state index >= 15 is 0 Å². The molecule has 2 N–H and O–H groups in total. The van der Waals surface area contributed by atoms with Crippen LogP contribution in [0.25, 0.3) is 0 Å². The lowest BCUT2D eigenvalue weighted by Gasteiger charge is -2.28. The van der Waals surface area contributed by atoms with E-state index in [4.69, 9.17) is 4.74 Å². The summed E-state index contributed by atoms with van der Waals surface area (Å²) < 4.78 is 5.69. The van der Waals surface area contributed by atoms with Gasteiger partial charge in [0.25, 0.3) is 0 Å². The van der Waals surface area contributed by atoms with Gasteiger partial charge in [0.2, 0.25) is 0 Å². The highest BCUT2D eigenvalue weighted by Gasteiger charge is 2.41. The molecular weight excluding hydrogens is 302 g/mol. The Bertz CT molecular complexity index is 362. The van der Waals surface area contributed by atoms with Crippen LogP contribution in [-0.4, -0.2) is 41.5 Å². The summed E-state index contributed by atoms with van der Waals surface area (Å²) in [6.07, 6.45) is 13.5.